The number of benzene rings is 2. The Bertz CT molecular complexity index is 1240. The number of amides is 1. The number of nitrogens with zero attached hydrogens (tertiary/aromatic N) is 3. The number of anilines is 5. The van der Waals surface area contributed by atoms with Crippen LogP contribution in [0.1, 0.15) is 21.7 Å². The molecule has 0 unspecified atom stereocenters. The van der Waals surface area contributed by atoms with Gasteiger partial charge in [0.25, 0.3) is 5.91 Å². The number of nitrogens with one attached hydrogen (secondary N) is 3. The van der Waals surface area contributed by atoms with Gasteiger partial charge in [-0.15, -0.1) is 0 Å². The van der Waals surface area contributed by atoms with Gasteiger partial charge in [0.2, 0.25) is 0 Å². The van der Waals surface area contributed by atoms with E-state index in [1.54, 1.807) is 6.20 Å². The van der Waals surface area contributed by atoms with Crippen LogP contribution in [0.2, 0.25) is 0 Å². The summed E-state index contributed by atoms with van der Waals surface area (Å²) in [5.74, 6) is 2.52. The topological polar surface area (TPSA) is 91.8 Å². The molecule has 0 atom stereocenters. The third-order valence-electron chi connectivity index (χ3n) is 4.53. The summed E-state index contributed by atoms with van der Waals surface area (Å²) in [5, 5.41) is 9.39. The molecule has 2 aromatic carbocycles. The summed E-state index contributed by atoms with van der Waals surface area (Å²) in [4.78, 5) is 25.6. The van der Waals surface area contributed by atoms with Crippen LogP contribution in [0, 0.1) is 17.4 Å². The van der Waals surface area contributed by atoms with Gasteiger partial charge in [-0.1, -0.05) is 0 Å². The molecule has 0 spiro atoms. The number of pyridine rings is 1. The van der Waals surface area contributed by atoms with Crippen molar-refractivity contribution in [2.24, 2.45) is 0 Å². The molecule has 7 nitrogen and oxygen atoms in total. The van der Waals surface area contributed by atoms with Crippen molar-refractivity contribution < 1.29 is 4.79 Å². The molecule has 1 amide bonds. The molecule has 0 fully saturated rings. The zero-order chi connectivity index (χ0) is 22.5. The van der Waals surface area contributed by atoms with Crippen LogP contribution in [0.3, 0.4) is 0 Å². The maximum atomic E-state index is 12.4. The quantitative estimate of drug-likeness (QED) is 0.269. The molecule has 0 aliphatic carbocycles. The van der Waals surface area contributed by atoms with Crippen LogP contribution < -0.4 is 16.0 Å². The van der Waals surface area contributed by atoms with Crippen molar-refractivity contribution in [3.05, 3.63) is 93.4 Å². The fourth-order valence-electron chi connectivity index (χ4n) is 3.02. The van der Waals surface area contributed by atoms with Gasteiger partial charge in [0.05, 0.1) is 0 Å². The summed E-state index contributed by atoms with van der Waals surface area (Å²) in [6, 6.07) is 20.6. The van der Waals surface area contributed by atoms with Gasteiger partial charge in [-0.25, -0.2) is 15.0 Å². The van der Waals surface area contributed by atoms with Crippen molar-refractivity contribution in [3.8, 4) is 0 Å². The number of carbonyl (C=O) groups excluding carboxylic acids is 1. The normalized spacial score (nSPS) is 10.5. The van der Waals surface area contributed by atoms with Gasteiger partial charge < -0.3 is 16.0 Å². The lowest BCUT2D eigenvalue weighted by Crippen LogP contribution is -2.11. The van der Waals surface area contributed by atoms with E-state index < -0.39 is 0 Å². The molecule has 0 saturated carbocycles. The number of halogens is 1. The molecule has 0 aliphatic rings. The highest BCUT2D eigenvalue weighted by atomic mass is 127. The number of hydrogen-bond donors (Lipinski definition) is 3. The Labute approximate surface area is 199 Å². The van der Waals surface area contributed by atoms with Gasteiger partial charge in [0.15, 0.2) is 0 Å². The zero-order valence-corrected chi connectivity index (χ0v) is 19.7. The molecule has 160 valence electrons. The fourth-order valence-corrected chi connectivity index (χ4v) is 3.38. The SMILES string of the molecule is Cc1ccnc(Nc2cc(Nc3ccc(NC(=O)c4ccc(I)cc4)cc3)nc(C)n2)c1. The highest BCUT2D eigenvalue weighted by Crippen LogP contribution is 2.22. The molecule has 32 heavy (non-hydrogen) atoms. The van der Waals surface area contributed by atoms with Crippen LogP contribution in [-0.4, -0.2) is 20.9 Å². The van der Waals surface area contributed by atoms with Gasteiger partial charge in [0.1, 0.15) is 23.3 Å². The average molecular weight is 536 g/mol. The summed E-state index contributed by atoms with van der Waals surface area (Å²) in [6.45, 7) is 3.85. The number of rotatable bonds is 6. The van der Waals surface area contributed by atoms with Crippen LogP contribution in [0.25, 0.3) is 0 Å². The van der Waals surface area contributed by atoms with E-state index in [2.05, 4.69) is 53.5 Å². The predicted molar refractivity (Wildman–Crippen MR) is 136 cm³/mol. The number of hydrogen-bond acceptors (Lipinski definition) is 6. The number of aryl methyl sites for hydroxylation is 2. The van der Waals surface area contributed by atoms with Gasteiger partial charge >= 0.3 is 0 Å². The van der Waals surface area contributed by atoms with Crippen molar-refractivity contribution in [1.29, 1.82) is 0 Å². The van der Waals surface area contributed by atoms with Crippen LogP contribution >= 0.6 is 22.6 Å². The van der Waals surface area contributed by atoms with E-state index in [4.69, 9.17) is 0 Å². The van der Waals surface area contributed by atoms with E-state index in [0.717, 1.165) is 20.6 Å². The van der Waals surface area contributed by atoms with E-state index in [1.807, 2.05) is 80.6 Å². The summed E-state index contributed by atoms with van der Waals surface area (Å²) >= 11 is 2.21. The van der Waals surface area contributed by atoms with E-state index in [0.29, 0.717) is 28.7 Å². The molecule has 0 bridgehead atoms. The molecule has 2 aromatic heterocycles. The van der Waals surface area contributed by atoms with E-state index in [9.17, 15) is 4.79 Å². The van der Waals surface area contributed by atoms with Crippen molar-refractivity contribution in [1.82, 2.24) is 15.0 Å². The second-order valence-corrected chi connectivity index (χ2v) is 8.44. The van der Waals surface area contributed by atoms with Crippen LogP contribution in [0.15, 0.2) is 72.9 Å². The largest absolute Gasteiger partial charge is 0.340 e. The maximum Gasteiger partial charge on any atom is 0.255 e. The first kappa shape index (κ1) is 21.7. The van der Waals surface area contributed by atoms with Crippen molar-refractivity contribution >= 4 is 57.3 Å². The smallest absolute Gasteiger partial charge is 0.255 e. The summed E-state index contributed by atoms with van der Waals surface area (Å²) in [7, 11) is 0. The molecular formula is C24H21IN6O. The van der Waals surface area contributed by atoms with Gasteiger partial charge in [-0.2, -0.15) is 0 Å². The Morgan fingerprint density at radius 1 is 0.781 bits per heavy atom. The highest BCUT2D eigenvalue weighted by molar-refractivity contribution is 14.1. The summed E-state index contributed by atoms with van der Waals surface area (Å²) in [6.07, 6.45) is 1.75. The molecule has 2 heterocycles. The van der Waals surface area contributed by atoms with Crippen LogP contribution in [0.4, 0.5) is 28.8 Å². The fraction of sp³-hybridized carbons (Fsp3) is 0.0833. The minimum Gasteiger partial charge on any atom is -0.340 e. The lowest BCUT2D eigenvalue weighted by Gasteiger charge is -2.11. The Morgan fingerprint density at radius 3 is 2.12 bits per heavy atom. The second-order valence-electron chi connectivity index (χ2n) is 7.19. The summed E-state index contributed by atoms with van der Waals surface area (Å²) < 4.78 is 1.09. The molecule has 4 aromatic rings. The average Bonchev–Trinajstić information content (AvgIpc) is 2.75. The Morgan fingerprint density at radius 2 is 1.44 bits per heavy atom. The Kier molecular flexibility index (Phi) is 6.60. The Balaban J connectivity index is 1.43. The lowest BCUT2D eigenvalue weighted by molar-refractivity contribution is 0.102. The second kappa shape index (κ2) is 9.73. The monoisotopic (exact) mass is 536 g/mol. The third-order valence-corrected chi connectivity index (χ3v) is 5.25. The van der Waals surface area contributed by atoms with Crippen LogP contribution in [0.5, 0.6) is 0 Å². The molecular weight excluding hydrogens is 515 g/mol. The molecule has 0 saturated heterocycles. The zero-order valence-electron chi connectivity index (χ0n) is 17.6. The Hall–Kier alpha value is -3.53. The molecule has 8 heteroatoms. The first-order chi connectivity index (χ1) is 15.4. The van der Waals surface area contributed by atoms with Gasteiger partial charge in [0, 0.05) is 32.8 Å². The van der Waals surface area contributed by atoms with Gasteiger partial charge in [-0.05, 0) is 103 Å². The van der Waals surface area contributed by atoms with Gasteiger partial charge in [-0.3, -0.25) is 4.79 Å². The predicted octanol–water partition coefficient (Wildman–Crippen LogP) is 5.83. The first-order valence-corrected chi connectivity index (χ1v) is 11.0. The number of aromatic nitrogens is 3. The highest BCUT2D eigenvalue weighted by Gasteiger charge is 2.07. The molecule has 0 aliphatic heterocycles. The van der Waals surface area contributed by atoms with Crippen molar-refractivity contribution in [2.75, 3.05) is 16.0 Å². The summed E-state index contributed by atoms with van der Waals surface area (Å²) in [5.41, 5.74) is 3.29. The van der Waals surface area contributed by atoms with Crippen molar-refractivity contribution in [3.63, 3.8) is 0 Å². The number of carbonyl (C=O) groups is 1. The minimum atomic E-state index is -0.144. The lowest BCUT2D eigenvalue weighted by atomic mass is 10.2. The molecule has 4 rings (SSSR count). The van der Waals surface area contributed by atoms with E-state index in [-0.39, 0.29) is 5.91 Å². The standard InChI is InChI=1S/C24H21IN6O/c1-15-11-12-26-21(13-15)31-23-14-22(27-16(2)28-23)29-19-7-9-20(10-8-19)30-24(32)17-3-5-18(25)6-4-17/h3-14H,1-2H3,(H,30,32)(H2,26,27,28,29,31). The third kappa shape index (κ3) is 5.79. The van der Waals surface area contributed by atoms with Crippen molar-refractivity contribution in [2.45, 2.75) is 13.8 Å². The molecule has 3 N–H and O–H groups in total. The molecule has 0 radical (unpaired) electrons. The first-order valence-electron chi connectivity index (χ1n) is 9.94. The maximum absolute atomic E-state index is 12.4. The van der Waals surface area contributed by atoms with E-state index >= 15 is 0 Å². The minimum absolute atomic E-state index is 0.144. The van der Waals surface area contributed by atoms with Crippen LogP contribution in [-0.2, 0) is 0 Å². The van der Waals surface area contributed by atoms with E-state index in [1.165, 1.54) is 0 Å².